The van der Waals surface area contributed by atoms with Gasteiger partial charge in [0.05, 0.1) is 0 Å². The van der Waals surface area contributed by atoms with Crippen LogP contribution >= 0.6 is 7.82 Å². The van der Waals surface area contributed by atoms with Gasteiger partial charge in [-0.15, -0.1) is 0 Å². The number of hydrogen-bond acceptors (Lipinski definition) is 4. The van der Waals surface area contributed by atoms with Crippen LogP contribution in [-0.2, 0) is 4.57 Å². The number of para-hydroxylation sites is 3. The summed E-state index contributed by atoms with van der Waals surface area (Å²) in [7, 11) is -4.14. The highest BCUT2D eigenvalue weighted by molar-refractivity contribution is 7.48. The minimum Gasteiger partial charge on any atom is -0.508 e. The Bertz CT molecular complexity index is 718. The Morgan fingerprint density at radius 3 is 1.25 bits per heavy atom. The third-order valence-electron chi connectivity index (χ3n) is 2.68. The van der Waals surface area contributed by atoms with Crippen molar-refractivity contribution in [1.82, 2.24) is 0 Å². The molecule has 0 spiro atoms. The summed E-state index contributed by atoms with van der Waals surface area (Å²) < 4.78 is 21.5. The van der Waals surface area contributed by atoms with Crippen molar-refractivity contribution in [1.29, 1.82) is 0 Å². The van der Waals surface area contributed by atoms with Crippen molar-refractivity contribution in [2.45, 2.75) is 0 Å². The van der Waals surface area contributed by atoms with E-state index < -0.39 is 7.82 Å². The van der Waals surface area contributed by atoms with Crippen LogP contribution in [0.1, 0.15) is 0 Å². The van der Waals surface area contributed by atoms with Gasteiger partial charge in [-0.05, 0) is 36.4 Å². The fourth-order valence-electron chi connectivity index (χ4n) is 1.68. The van der Waals surface area contributed by atoms with Gasteiger partial charge in [0.15, 0.2) is 0 Å². The first-order valence-corrected chi connectivity index (χ1v) is 8.61. The lowest BCUT2D eigenvalue weighted by Crippen LogP contribution is -1.99. The van der Waals surface area contributed by atoms with Crippen LogP contribution in [0.2, 0.25) is 0 Å². The topological polar surface area (TPSA) is 76.0 Å². The minimum absolute atomic E-state index is 0.286. The predicted octanol–water partition coefficient (Wildman–Crippen LogP) is 4.64. The Morgan fingerprint density at radius 1 is 0.625 bits per heavy atom. The average molecular weight is 344 g/mol. The molecule has 0 aliphatic rings. The molecule has 0 fully saturated rings. The standard InChI is InChI=1S/C12H11O4P.C6H6O/c13-17(14,15-11-7-3-1-4-8-11)16-12-9-5-2-6-10-12;7-6-4-2-1-3-5-6/h1-10H,(H,13,14);1-5,7H. The van der Waals surface area contributed by atoms with Crippen molar-refractivity contribution in [2.24, 2.45) is 0 Å². The monoisotopic (exact) mass is 344 g/mol. The summed E-state index contributed by atoms with van der Waals surface area (Å²) in [5.74, 6) is 0.894. The molecule has 0 unspecified atom stereocenters. The van der Waals surface area contributed by atoms with E-state index in [-0.39, 0.29) is 11.5 Å². The van der Waals surface area contributed by atoms with E-state index in [9.17, 15) is 9.46 Å². The second-order valence-corrected chi connectivity index (χ2v) is 5.92. The Labute approximate surface area is 140 Å². The van der Waals surface area contributed by atoms with Crippen LogP contribution in [0.15, 0.2) is 91.0 Å². The molecular weight excluding hydrogens is 327 g/mol. The van der Waals surface area contributed by atoms with E-state index in [4.69, 9.17) is 14.2 Å². The number of rotatable bonds is 4. The molecule has 0 bridgehead atoms. The average Bonchev–Trinajstić information content (AvgIpc) is 2.57. The van der Waals surface area contributed by atoms with Crippen molar-refractivity contribution >= 4 is 7.82 Å². The molecule has 0 aliphatic heterocycles. The van der Waals surface area contributed by atoms with Crippen LogP contribution in [0, 0.1) is 0 Å². The van der Waals surface area contributed by atoms with E-state index >= 15 is 0 Å². The normalized spacial score (nSPS) is 10.2. The molecule has 0 aromatic heterocycles. The zero-order valence-electron chi connectivity index (χ0n) is 12.7. The first kappa shape index (κ1) is 17.6. The lowest BCUT2D eigenvalue weighted by atomic mass is 10.3. The van der Waals surface area contributed by atoms with Gasteiger partial charge in [-0.2, -0.15) is 0 Å². The summed E-state index contributed by atoms with van der Waals surface area (Å²) in [6.07, 6.45) is 0. The number of benzene rings is 3. The van der Waals surface area contributed by atoms with Gasteiger partial charge in [-0.25, -0.2) is 4.57 Å². The van der Waals surface area contributed by atoms with E-state index in [0.717, 1.165) is 0 Å². The number of hydrogen-bond donors (Lipinski definition) is 2. The maximum absolute atomic E-state index is 11.7. The summed E-state index contributed by atoms with van der Waals surface area (Å²) in [5.41, 5.74) is 0. The van der Waals surface area contributed by atoms with E-state index in [1.807, 2.05) is 6.07 Å². The highest BCUT2D eigenvalue weighted by Crippen LogP contribution is 2.44. The van der Waals surface area contributed by atoms with Gasteiger partial charge in [0.25, 0.3) is 0 Å². The quantitative estimate of drug-likeness (QED) is 0.675. The zero-order valence-corrected chi connectivity index (χ0v) is 13.6. The molecule has 0 amide bonds. The molecule has 24 heavy (non-hydrogen) atoms. The van der Waals surface area contributed by atoms with Gasteiger partial charge in [-0.1, -0.05) is 54.6 Å². The van der Waals surface area contributed by atoms with E-state index in [1.54, 1.807) is 84.9 Å². The van der Waals surface area contributed by atoms with Gasteiger partial charge in [0.2, 0.25) is 0 Å². The maximum Gasteiger partial charge on any atom is 0.584 e. The van der Waals surface area contributed by atoms with Crippen LogP contribution in [0.25, 0.3) is 0 Å². The van der Waals surface area contributed by atoms with Gasteiger partial charge in [0.1, 0.15) is 17.2 Å². The van der Waals surface area contributed by atoms with Crippen LogP contribution in [0.5, 0.6) is 17.2 Å². The summed E-state index contributed by atoms with van der Waals surface area (Å²) in [6, 6.07) is 25.4. The molecule has 2 N–H and O–H groups in total. The Kier molecular flexibility index (Phi) is 6.43. The van der Waals surface area contributed by atoms with Crippen LogP contribution < -0.4 is 9.05 Å². The molecule has 6 heteroatoms. The molecular formula is C18H17O5P. The minimum atomic E-state index is -4.14. The number of phosphoric acid groups is 1. The number of phenols is 1. The molecule has 3 rings (SSSR count). The summed E-state index contributed by atoms with van der Waals surface area (Å²) >= 11 is 0. The zero-order chi connectivity index (χ0) is 17.3. The van der Waals surface area contributed by atoms with Crippen molar-refractivity contribution < 1.29 is 23.6 Å². The Balaban J connectivity index is 0.000000249. The first-order chi connectivity index (χ1) is 11.6. The summed E-state index contributed by atoms with van der Waals surface area (Å²) in [4.78, 5) is 9.53. The van der Waals surface area contributed by atoms with Crippen molar-refractivity contribution in [3.05, 3.63) is 91.0 Å². The summed E-state index contributed by atoms with van der Waals surface area (Å²) in [5, 5.41) is 8.63. The molecule has 0 aliphatic carbocycles. The number of phosphoric ester groups is 1. The highest BCUT2D eigenvalue weighted by Gasteiger charge is 2.24. The molecule has 3 aromatic carbocycles. The lowest BCUT2D eigenvalue weighted by molar-refractivity contribution is 0.291. The van der Waals surface area contributed by atoms with E-state index in [2.05, 4.69) is 0 Å². The van der Waals surface area contributed by atoms with Crippen molar-refractivity contribution in [3.8, 4) is 17.2 Å². The molecule has 0 saturated carbocycles. The lowest BCUT2D eigenvalue weighted by Gasteiger charge is -2.13. The fraction of sp³-hybridized carbons (Fsp3) is 0. The molecule has 0 saturated heterocycles. The molecule has 0 heterocycles. The van der Waals surface area contributed by atoms with Crippen LogP contribution in [-0.4, -0.2) is 10.00 Å². The number of aromatic hydroxyl groups is 1. The smallest absolute Gasteiger partial charge is 0.508 e. The molecule has 3 aromatic rings. The number of phenolic OH excluding ortho intramolecular Hbond substituents is 1. The third-order valence-corrected chi connectivity index (χ3v) is 3.57. The third kappa shape index (κ3) is 6.57. The highest BCUT2D eigenvalue weighted by atomic mass is 31.2. The van der Waals surface area contributed by atoms with E-state index in [1.165, 1.54) is 0 Å². The summed E-state index contributed by atoms with van der Waals surface area (Å²) in [6.45, 7) is 0. The SMILES string of the molecule is O=P(O)(Oc1ccccc1)Oc1ccccc1.Oc1ccccc1. The van der Waals surface area contributed by atoms with Gasteiger partial charge in [0, 0.05) is 0 Å². The molecule has 0 radical (unpaired) electrons. The predicted molar refractivity (Wildman–Crippen MR) is 92.1 cm³/mol. The first-order valence-electron chi connectivity index (χ1n) is 7.11. The van der Waals surface area contributed by atoms with E-state index in [0.29, 0.717) is 5.75 Å². The van der Waals surface area contributed by atoms with Crippen LogP contribution in [0.4, 0.5) is 0 Å². The molecule has 124 valence electrons. The second-order valence-electron chi connectivity index (χ2n) is 4.61. The van der Waals surface area contributed by atoms with Gasteiger partial charge >= 0.3 is 7.82 Å². The largest absolute Gasteiger partial charge is 0.584 e. The second kappa shape index (κ2) is 8.77. The molecule has 0 atom stereocenters. The Morgan fingerprint density at radius 2 is 0.958 bits per heavy atom. The maximum atomic E-state index is 11.7. The van der Waals surface area contributed by atoms with Gasteiger partial charge in [-0.3, -0.25) is 4.89 Å². The Hall–Kier alpha value is -2.75. The van der Waals surface area contributed by atoms with Gasteiger partial charge < -0.3 is 14.2 Å². The molecule has 5 nitrogen and oxygen atoms in total. The van der Waals surface area contributed by atoms with Crippen molar-refractivity contribution in [3.63, 3.8) is 0 Å². The van der Waals surface area contributed by atoms with Crippen molar-refractivity contribution in [2.75, 3.05) is 0 Å². The van der Waals surface area contributed by atoms with Crippen LogP contribution in [0.3, 0.4) is 0 Å². The fourth-order valence-corrected chi connectivity index (χ4v) is 2.49.